The molecule has 1 unspecified atom stereocenters. The van der Waals surface area contributed by atoms with Crippen molar-refractivity contribution in [2.24, 2.45) is 11.8 Å². The van der Waals surface area contributed by atoms with Gasteiger partial charge >= 0.3 is 5.97 Å². The smallest absolute Gasteiger partial charge is 0.302 e. The molecule has 1 aliphatic carbocycles. The van der Waals surface area contributed by atoms with Gasteiger partial charge in [-0.3, -0.25) is 9.59 Å². The van der Waals surface area contributed by atoms with Crippen molar-refractivity contribution in [1.29, 1.82) is 0 Å². The molecule has 4 atom stereocenters. The highest BCUT2D eigenvalue weighted by molar-refractivity contribution is 5.84. The fourth-order valence-electron chi connectivity index (χ4n) is 4.03. The average molecular weight is 397 g/mol. The number of ether oxygens (including phenoxy) is 3. The lowest BCUT2D eigenvalue weighted by molar-refractivity contribution is -0.192. The van der Waals surface area contributed by atoms with E-state index in [4.69, 9.17) is 19.3 Å². The highest BCUT2D eigenvalue weighted by Gasteiger charge is 2.42. The number of ketones is 1. The van der Waals surface area contributed by atoms with Crippen LogP contribution in [0.4, 0.5) is 0 Å². The Labute approximate surface area is 168 Å². The van der Waals surface area contributed by atoms with E-state index < -0.39 is 0 Å². The summed E-state index contributed by atoms with van der Waals surface area (Å²) in [4.78, 5) is 23.6. The SMILES string of the molecule is CC(=O)OCC[C@@H]1C(=O)C[C@H](OC2CCCCO2)[C@H]1C=CCCCCCCO. The van der Waals surface area contributed by atoms with Crippen LogP contribution in [0.5, 0.6) is 0 Å². The van der Waals surface area contributed by atoms with Crippen LogP contribution in [-0.2, 0) is 23.8 Å². The third kappa shape index (κ3) is 8.02. The largest absolute Gasteiger partial charge is 0.466 e. The van der Waals surface area contributed by atoms with Gasteiger partial charge in [0.25, 0.3) is 0 Å². The van der Waals surface area contributed by atoms with Crippen molar-refractivity contribution >= 4 is 11.8 Å². The van der Waals surface area contributed by atoms with E-state index in [1.807, 2.05) is 0 Å². The summed E-state index contributed by atoms with van der Waals surface area (Å²) in [6.45, 7) is 2.63. The molecule has 6 nitrogen and oxygen atoms in total. The third-order valence-corrected chi connectivity index (χ3v) is 5.55. The van der Waals surface area contributed by atoms with Gasteiger partial charge in [-0.2, -0.15) is 0 Å². The molecule has 1 heterocycles. The summed E-state index contributed by atoms with van der Waals surface area (Å²) in [5.74, 6) is -0.293. The Morgan fingerprint density at radius 3 is 2.79 bits per heavy atom. The fourth-order valence-corrected chi connectivity index (χ4v) is 4.03. The summed E-state index contributed by atoms with van der Waals surface area (Å²) >= 11 is 0. The monoisotopic (exact) mass is 396 g/mol. The van der Waals surface area contributed by atoms with Crippen LogP contribution in [-0.4, -0.2) is 49.1 Å². The van der Waals surface area contributed by atoms with E-state index in [9.17, 15) is 9.59 Å². The molecule has 1 saturated carbocycles. The van der Waals surface area contributed by atoms with E-state index in [0.717, 1.165) is 58.0 Å². The molecule has 160 valence electrons. The van der Waals surface area contributed by atoms with Gasteiger partial charge in [0.1, 0.15) is 5.78 Å². The Bertz CT molecular complexity index is 497. The van der Waals surface area contributed by atoms with Crippen LogP contribution in [0.1, 0.15) is 71.1 Å². The van der Waals surface area contributed by atoms with Crippen LogP contribution < -0.4 is 0 Å². The number of Topliss-reactive ketones (excluding diaryl/α,β-unsaturated/α-hetero) is 1. The molecule has 6 heteroatoms. The molecule has 1 aliphatic heterocycles. The molecule has 0 amide bonds. The summed E-state index contributed by atoms with van der Waals surface area (Å²) in [6.07, 6.45) is 12.9. The summed E-state index contributed by atoms with van der Waals surface area (Å²) < 4.78 is 16.9. The number of aliphatic hydroxyl groups excluding tert-OH is 1. The van der Waals surface area contributed by atoms with Crippen LogP contribution in [0.3, 0.4) is 0 Å². The average Bonchev–Trinajstić information content (AvgIpc) is 2.96. The van der Waals surface area contributed by atoms with Gasteiger partial charge in [-0.1, -0.05) is 25.0 Å². The Hall–Kier alpha value is -1.24. The van der Waals surface area contributed by atoms with Crippen molar-refractivity contribution in [1.82, 2.24) is 0 Å². The zero-order valence-electron chi connectivity index (χ0n) is 17.1. The number of allylic oxidation sites excluding steroid dienone is 1. The Morgan fingerprint density at radius 2 is 2.07 bits per heavy atom. The highest BCUT2D eigenvalue weighted by atomic mass is 16.7. The second kappa shape index (κ2) is 13.1. The number of rotatable bonds is 12. The molecule has 2 fully saturated rings. The normalized spacial score (nSPS) is 28.1. The predicted octanol–water partition coefficient (Wildman–Crippen LogP) is 3.56. The number of hydrogen-bond donors (Lipinski definition) is 1. The number of aliphatic hydroxyl groups is 1. The van der Waals surface area contributed by atoms with Crippen molar-refractivity contribution in [2.45, 2.75) is 83.5 Å². The molecule has 0 aromatic heterocycles. The number of hydrogen-bond acceptors (Lipinski definition) is 6. The molecule has 0 spiro atoms. The third-order valence-electron chi connectivity index (χ3n) is 5.55. The van der Waals surface area contributed by atoms with Crippen molar-refractivity contribution in [3.8, 4) is 0 Å². The lowest BCUT2D eigenvalue weighted by atomic mass is 9.90. The minimum absolute atomic E-state index is 0.00558. The van der Waals surface area contributed by atoms with Crippen molar-refractivity contribution < 1.29 is 28.9 Å². The first-order chi connectivity index (χ1) is 13.6. The maximum absolute atomic E-state index is 12.6. The highest BCUT2D eigenvalue weighted by Crippen LogP contribution is 2.36. The van der Waals surface area contributed by atoms with E-state index in [2.05, 4.69) is 12.2 Å². The molecule has 2 rings (SSSR count). The Morgan fingerprint density at radius 1 is 1.25 bits per heavy atom. The quantitative estimate of drug-likeness (QED) is 0.309. The van der Waals surface area contributed by atoms with Gasteiger partial charge < -0.3 is 19.3 Å². The molecular weight excluding hydrogens is 360 g/mol. The summed E-state index contributed by atoms with van der Waals surface area (Å²) in [5.41, 5.74) is 0. The minimum Gasteiger partial charge on any atom is -0.466 e. The Balaban J connectivity index is 1.90. The van der Waals surface area contributed by atoms with Crippen LogP contribution in [0, 0.1) is 11.8 Å². The summed E-state index contributed by atoms with van der Waals surface area (Å²) in [7, 11) is 0. The first-order valence-electron chi connectivity index (χ1n) is 10.8. The Kier molecular flexibility index (Phi) is 10.8. The van der Waals surface area contributed by atoms with E-state index in [-0.39, 0.29) is 49.2 Å². The first-order valence-corrected chi connectivity index (χ1v) is 10.8. The molecule has 0 radical (unpaired) electrons. The van der Waals surface area contributed by atoms with Crippen LogP contribution >= 0.6 is 0 Å². The maximum atomic E-state index is 12.6. The molecule has 28 heavy (non-hydrogen) atoms. The van der Waals surface area contributed by atoms with Gasteiger partial charge in [0, 0.05) is 38.4 Å². The molecule has 0 bridgehead atoms. The second-order valence-corrected chi connectivity index (χ2v) is 7.81. The van der Waals surface area contributed by atoms with Crippen LogP contribution in [0.15, 0.2) is 12.2 Å². The van der Waals surface area contributed by atoms with Gasteiger partial charge in [-0.15, -0.1) is 0 Å². The zero-order chi connectivity index (χ0) is 20.2. The van der Waals surface area contributed by atoms with Crippen molar-refractivity contribution in [3.05, 3.63) is 12.2 Å². The molecule has 0 aromatic rings. The molecule has 1 N–H and O–H groups in total. The van der Waals surface area contributed by atoms with E-state index >= 15 is 0 Å². The van der Waals surface area contributed by atoms with Crippen molar-refractivity contribution in [2.75, 3.05) is 19.8 Å². The fraction of sp³-hybridized carbons (Fsp3) is 0.818. The van der Waals surface area contributed by atoms with Gasteiger partial charge in [0.2, 0.25) is 0 Å². The van der Waals surface area contributed by atoms with Gasteiger partial charge in [0.15, 0.2) is 6.29 Å². The zero-order valence-corrected chi connectivity index (χ0v) is 17.1. The molecule has 1 saturated heterocycles. The van der Waals surface area contributed by atoms with Crippen LogP contribution in [0.2, 0.25) is 0 Å². The lowest BCUT2D eigenvalue weighted by Crippen LogP contribution is -2.30. The van der Waals surface area contributed by atoms with Gasteiger partial charge in [-0.05, 0) is 44.9 Å². The second-order valence-electron chi connectivity index (χ2n) is 7.81. The summed E-state index contributed by atoms with van der Waals surface area (Å²) in [5, 5.41) is 8.83. The van der Waals surface area contributed by atoms with Gasteiger partial charge in [-0.25, -0.2) is 0 Å². The standard InChI is InChI=1S/C22H36O6/c1-17(24)26-15-12-18-19(10-6-4-2-3-5-8-13-23)21(16-20(18)25)28-22-11-7-9-14-27-22/h6,10,18-19,21-23H,2-5,7-9,11-16H2,1H3/t18-,19-,21-,22?/m0/s1. The van der Waals surface area contributed by atoms with Crippen molar-refractivity contribution in [3.63, 3.8) is 0 Å². The van der Waals surface area contributed by atoms with E-state index in [1.165, 1.54) is 6.92 Å². The lowest BCUT2D eigenvalue weighted by Gasteiger charge is -2.28. The number of carbonyl (C=O) groups is 2. The van der Waals surface area contributed by atoms with E-state index in [0.29, 0.717) is 12.8 Å². The summed E-state index contributed by atoms with van der Waals surface area (Å²) in [6, 6.07) is 0. The topological polar surface area (TPSA) is 82.1 Å². The van der Waals surface area contributed by atoms with E-state index in [1.54, 1.807) is 0 Å². The maximum Gasteiger partial charge on any atom is 0.302 e. The number of unbranched alkanes of at least 4 members (excludes halogenated alkanes) is 4. The predicted molar refractivity (Wildman–Crippen MR) is 106 cm³/mol. The molecule has 2 aliphatic rings. The minimum atomic E-state index is -0.316. The number of carbonyl (C=O) groups excluding carboxylic acids is 2. The van der Waals surface area contributed by atoms with Gasteiger partial charge in [0.05, 0.1) is 12.7 Å². The first kappa shape index (κ1) is 23.0. The molecular formula is C22H36O6. The molecule has 0 aromatic carbocycles. The van der Waals surface area contributed by atoms with Crippen LogP contribution in [0.25, 0.3) is 0 Å². The number of esters is 1.